The van der Waals surface area contributed by atoms with Gasteiger partial charge in [-0.25, -0.2) is 19.3 Å². The van der Waals surface area contributed by atoms with Crippen LogP contribution in [0.4, 0.5) is 10.3 Å². The van der Waals surface area contributed by atoms with Crippen molar-refractivity contribution in [3.63, 3.8) is 0 Å². The summed E-state index contributed by atoms with van der Waals surface area (Å²) >= 11 is 3.33. The summed E-state index contributed by atoms with van der Waals surface area (Å²) < 4.78 is 33.1. The molecule has 1 fully saturated rings. The predicted octanol–water partition coefficient (Wildman–Crippen LogP) is 4.98. The predicted molar refractivity (Wildman–Crippen MR) is 149 cm³/mol. The minimum atomic E-state index is -1.02. The molecular formula is C28H26BrFN6O4. The van der Waals surface area contributed by atoms with E-state index in [4.69, 9.17) is 29.3 Å². The molecule has 0 radical (unpaired) electrons. The second kappa shape index (κ2) is 10.2. The van der Waals surface area contributed by atoms with Gasteiger partial charge in [-0.05, 0) is 53.0 Å². The number of anilines is 1. The monoisotopic (exact) mass is 608 g/mol. The second-order valence-electron chi connectivity index (χ2n) is 9.68. The van der Waals surface area contributed by atoms with Crippen molar-refractivity contribution in [2.75, 3.05) is 26.6 Å². The average molecular weight is 609 g/mol. The third-order valence-electron chi connectivity index (χ3n) is 7.27. The average Bonchev–Trinajstić information content (AvgIpc) is 3.40. The maximum atomic E-state index is 14.5. The van der Waals surface area contributed by atoms with Gasteiger partial charge in [0.05, 0.1) is 32.3 Å². The molecule has 3 aromatic heterocycles. The van der Waals surface area contributed by atoms with Gasteiger partial charge in [0, 0.05) is 41.9 Å². The summed E-state index contributed by atoms with van der Waals surface area (Å²) in [5.41, 5.74) is 1.48. The summed E-state index contributed by atoms with van der Waals surface area (Å²) in [6.45, 7) is 0.360. The van der Waals surface area contributed by atoms with E-state index in [0.29, 0.717) is 63.8 Å². The van der Waals surface area contributed by atoms with Crippen molar-refractivity contribution in [1.82, 2.24) is 24.6 Å². The van der Waals surface area contributed by atoms with Crippen LogP contribution in [0.5, 0.6) is 17.2 Å². The third kappa shape index (κ3) is 4.56. The second-order valence-corrected chi connectivity index (χ2v) is 10.5. The number of fused-ring (bicyclic) bond motifs is 3. The molecule has 206 valence electrons. The molecule has 1 saturated carbocycles. The first-order valence-electron chi connectivity index (χ1n) is 12.5. The summed E-state index contributed by atoms with van der Waals surface area (Å²) in [6.07, 6.45) is 2.53. The molecule has 1 aliphatic rings. The van der Waals surface area contributed by atoms with Gasteiger partial charge < -0.3 is 24.6 Å². The van der Waals surface area contributed by atoms with Gasteiger partial charge in [-0.1, -0.05) is 6.07 Å². The van der Waals surface area contributed by atoms with Crippen molar-refractivity contribution in [3.8, 4) is 17.2 Å². The van der Waals surface area contributed by atoms with Crippen molar-refractivity contribution in [3.05, 3.63) is 76.0 Å². The van der Waals surface area contributed by atoms with Gasteiger partial charge in [-0.15, -0.1) is 5.10 Å². The maximum Gasteiger partial charge on any atom is 0.226 e. The number of nitrogens with one attached hydrogen (secondary N) is 1. The summed E-state index contributed by atoms with van der Waals surface area (Å²) in [6, 6.07) is 11.9. The van der Waals surface area contributed by atoms with Gasteiger partial charge in [-0.3, -0.25) is 0 Å². The lowest BCUT2D eigenvalue weighted by atomic mass is 9.67. The van der Waals surface area contributed by atoms with Crippen LogP contribution in [-0.2, 0) is 12.1 Å². The molecular weight excluding hydrogens is 583 g/mol. The molecule has 0 bridgehead atoms. The Kier molecular flexibility index (Phi) is 6.67. The Hall–Kier alpha value is -4.03. The van der Waals surface area contributed by atoms with Crippen LogP contribution in [0.3, 0.4) is 0 Å². The Morgan fingerprint density at radius 1 is 1.05 bits per heavy atom. The lowest BCUT2D eigenvalue weighted by Gasteiger charge is -2.42. The molecule has 1 aliphatic carbocycles. The number of nitrogens with zero attached hydrogens (tertiary/aromatic N) is 5. The topological polar surface area (TPSA) is 116 Å². The van der Waals surface area contributed by atoms with Gasteiger partial charge in [0.1, 0.15) is 33.2 Å². The molecule has 5 aromatic rings. The fraction of sp³-hybridized carbons (Fsp3) is 0.286. The lowest BCUT2D eigenvalue weighted by Crippen LogP contribution is -2.40. The Labute approximate surface area is 237 Å². The highest BCUT2D eigenvalue weighted by Crippen LogP contribution is 2.50. The largest absolute Gasteiger partial charge is 0.497 e. The van der Waals surface area contributed by atoms with Crippen LogP contribution in [0.25, 0.3) is 16.6 Å². The molecule has 0 aliphatic heterocycles. The first-order valence-corrected chi connectivity index (χ1v) is 13.3. The number of hydrogen-bond donors (Lipinski definition) is 2. The summed E-state index contributed by atoms with van der Waals surface area (Å²) in [5.74, 6) is 1.98. The maximum absolute atomic E-state index is 14.5. The summed E-state index contributed by atoms with van der Waals surface area (Å²) in [7, 11) is 4.66. The highest BCUT2D eigenvalue weighted by molar-refractivity contribution is 9.10. The standard InChI is InChI=1S/C28H26BrFN6O4/c1-38-19-6-4-15(21(10-19)39-2)13-32-27-33-24-20(8-18(30)9-22(24)40-3)26-34-25(35-36(26)27)16-11-28(37,12-16)17-5-7-23(29)31-14-17/h4-10,14,16,37H,11-13H2,1-3H3,(H,32,33). The van der Waals surface area contributed by atoms with E-state index in [1.165, 1.54) is 19.2 Å². The quantitative estimate of drug-likeness (QED) is 0.235. The molecule has 12 heteroatoms. The zero-order valence-electron chi connectivity index (χ0n) is 22.0. The minimum Gasteiger partial charge on any atom is -0.497 e. The van der Waals surface area contributed by atoms with Crippen molar-refractivity contribution in [2.45, 2.75) is 30.9 Å². The van der Waals surface area contributed by atoms with Crippen LogP contribution >= 0.6 is 15.9 Å². The molecule has 40 heavy (non-hydrogen) atoms. The van der Waals surface area contributed by atoms with E-state index in [1.54, 1.807) is 37.1 Å². The number of aliphatic hydroxyl groups is 1. The zero-order chi connectivity index (χ0) is 28.0. The Morgan fingerprint density at radius 2 is 1.85 bits per heavy atom. The third-order valence-corrected chi connectivity index (χ3v) is 7.74. The van der Waals surface area contributed by atoms with E-state index in [2.05, 4.69) is 26.2 Å². The number of hydrogen-bond acceptors (Lipinski definition) is 9. The summed E-state index contributed by atoms with van der Waals surface area (Å²) in [5, 5.41) is 19.7. The van der Waals surface area contributed by atoms with E-state index in [-0.39, 0.29) is 11.7 Å². The highest BCUT2D eigenvalue weighted by Gasteiger charge is 2.46. The number of pyridine rings is 1. The molecule has 3 heterocycles. The minimum absolute atomic E-state index is 0.103. The van der Waals surface area contributed by atoms with Gasteiger partial charge in [0.25, 0.3) is 0 Å². The zero-order valence-corrected chi connectivity index (χ0v) is 23.6. The molecule has 6 rings (SSSR count). The number of rotatable bonds is 8. The Bertz CT molecular complexity index is 1720. The van der Waals surface area contributed by atoms with Gasteiger partial charge in [-0.2, -0.15) is 4.52 Å². The number of benzene rings is 2. The molecule has 0 atom stereocenters. The fourth-order valence-corrected chi connectivity index (χ4v) is 5.34. The van der Waals surface area contributed by atoms with Crippen molar-refractivity contribution >= 4 is 38.4 Å². The van der Waals surface area contributed by atoms with Crippen LogP contribution in [0.2, 0.25) is 0 Å². The number of ether oxygens (including phenoxy) is 3. The SMILES string of the molecule is COc1ccc(CNc2nc3c(OC)cc(F)cc3c3nc(C4CC(O)(c5ccc(Br)nc5)C4)nn23)c(OC)c1. The number of methoxy groups -OCH3 is 3. The van der Waals surface area contributed by atoms with Crippen LogP contribution in [-0.4, -0.2) is 51.0 Å². The summed E-state index contributed by atoms with van der Waals surface area (Å²) in [4.78, 5) is 13.8. The first kappa shape index (κ1) is 26.2. The van der Waals surface area contributed by atoms with Crippen LogP contribution in [0, 0.1) is 5.82 Å². The van der Waals surface area contributed by atoms with Gasteiger partial charge in [0.2, 0.25) is 5.95 Å². The highest BCUT2D eigenvalue weighted by atomic mass is 79.9. The Balaban J connectivity index is 1.38. The van der Waals surface area contributed by atoms with Crippen molar-refractivity contribution in [2.24, 2.45) is 0 Å². The van der Waals surface area contributed by atoms with Gasteiger partial charge >= 0.3 is 0 Å². The molecule has 10 nitrogen and oxygen atoms in total. The normalized spacial score (nSPS) is 18.5. The molecule has 0 saturated heterocycles. The molecule has 2 N–H and O–H groups in total. The van der Waals surface area contributed by atoms with Crippen molar-refractivity contribution < 1.29 is 23.7 Å². The fourth-order valence-electron chi connectivity index (χ4n) is 5.10. The molecule has 0 amide bonds. The Morgan fingerprint density at radius 3 is 2.55 bits per heavy atom. The molecule has 0 spiro atoms. The van der Waals surface area contributed by atoms with Crippen LogP contribution < -0.4 is 19.5 Å². The van der Waals surface area contributed by atoms with E-state index < -0.39 is 11.4 Å². The van der Waals surface area contributed by atoms with Crippen molar-refractivity contribution in [1.29, 1.82) is 0 Å². The van der Waals surface area contributed by atoms with Crippen LogP contribution in [0.15, 0.2) is 53.3 Å². The lowest BCUT2D eigenvalue weighted by molar-refractivity contribution is -0.0572. The number of aromatic nitrogens is 5. The van der Waals surface area contributed by atoms with E-state index in [0.717, 1.165) is 11.1 Å². The van der Waals surface area contributed by atoms with E-state index >= 15 is 0 Å². The molecule has 0 unspecified atom stereocenters. The smallest absolute Gasteiger partial charge is 0.226 e. The van der Waals surface area contributed by atoms with Crippen LogP contribution in [0.1, 0.15) is 35.7 Å². The van der Waals surface area contributed by atoms with Gasteiger partial charge in [0.15, 0.2) is 11.5 Å². The first-order chi connectivity index (χ1) is 19.3. The van der Waals surface area contributed by atoms with E-state index in [9.17, 15) is 9.50 Å². The van der Waals surface area contributed by atoms with E-state index in [1.807, 2.05) is 18.2 Å². The molecule has 2 aromatic carbocycles. The number of halogens is 2.